The summed E-state index contributed by atoms with van der Waals surface area (Å²) in [7, 11) is 1.64. The van der Waals surface area contributed by atoms with E-state index in [0.717, 1.165) is 48.8 Å². The summed E-state index contributed by atoms with van der Waals surface area (Å²) < 4.78 is 5.09. The van der Waals surface area contributed by atoms with Crippen LogP contribution in [0.5, 0.6) is 0 Å². The summed E-state index contributed by atoms with van der Waals surface area (Å²) >= 11 is 0. The molecule has 132 valence electrons. The van der Waals surface area contributed by atoms with Crippen LogP contribution in [0.1, 0.15) is 18.5 Å². The van der Waals surface area contributed by atoms with Crippen LogP contribution in [0.4, 0.5) is 17.2 Å². The van der Waals surface area contributed by atoms with E-state index < -0.39 is 0 Å². The molecule has 25 heavy (non-hydrogen) atoms. The lowest BCUT2D eigenvalue weighted by Crippen LogP contribution is -2.38. The van der Waals surface area contributed by atoms with Gasteiger partial charge < -0.3 is 20.7 Å². The number of anilines is 3. The predicted octanol–water partition coefficient (Wildman–Crippen LogP) is 2.07. The van der Waals surface area contributed by atoms with E-state index in [2.05, 4.69) is 32.3 Å². The van der Waals surface area contributed by atoms with Crippen molar-refractivity contribution in [1.82, 2.24) is 9.97 Å². The number of hydrogen-bond acceptors (Lipinski definition) is 6. The molecule has 1 fully saturated rings. The van der Waals surface area contributed by atoms with Gasteiger partial charge in [-0.15, -0.1) is 0 Å². The zero-order chi connectivity index (χ0) is 17.6. The summed E-state index contributed by atoms with van der Waals surface area (Å²) in [6, 6.07) is 10.1. The molecule has 7 heteroatoms. The van der Waals surface area contributed by atoms with E-state index in [9.17, 15) is 4.79 Å². The SMILES string of the molecule is COCc1cc(Nc2ccc(N3CCC(C(N)=O)CC3)cc2)ncn1. The van der Waals surface area contributed by atoms with Crippen LogP contribution >= 0.6 is 0 Å². The van der Waals surface area contributed by atoms with Crippen molar-refractivity contribution >= 4 is 23.1 Å². The first-order chi connectivity index (χ1) is 12.2. The van der Waals surface area contributed by atoms with Crippen LogP contribution in [0.2, 0.25) is 0 Å². The number of hydrogen-bond donors (Lipinski definition) is 2. The van der Waals surface area contributed by atoms with Gasteiger partial charge in [-0.3, -0.25) is 4.79 Å². The molecule has 0 spiro atoms. The van der Waals surface area contributed by atoms with E-state index >= 15 is 0 Å². The molecule has 7 nitrogen and oxygen atoms in total. The van der Waals surface area contributed by atoms with Gasteiger partial charge in [0.1, 0.15) is 12.1 Å². The molecule has 0 atom stereocenters. The van der Waals surface area contributed by atoms with Crippen molar-refractivity contribution in [2.45, 2.75) is 19.4 Å². The molecule has 3 N–H and O–H groups in total. The molecule has 0 saturated carbocycles. The average Bonchev–Trinajstić information content (AvgIpc) is 2.63. The van der Waals surface area contributed by atoms with Crippen LogP contribution in [-0.2, 0) is 16.1 Å². The standard InChI is InChI=1S/C18H23N5O2/c1-25-11-15-10-17(21-12-20-15)22-14-2-4-16(5-3-14)23-8-6-13(7-9-23)18(19)24/h2-5,10,12-13H,6-9,11H2,1H3,(H2,19,24)(H,20,21,22). The Kier molecular flexibility index (Phi) is 5.45. The van der Waals surface area contributed by atoms with Gasteiger partial charge in [-0.2, -0.15) is 0 Å². The number of rotatable bonds is 6. The van der Waals surface area contributed by atoms with E-state index in [-0.39, 0.29) is 11.8 Å². The van der Waals surface area contributed by atoms with Gasteiger partial charge in [0.15, 0.2) is 0 Å². The predicted molar refractivity (Wildman–Crippen MR) is 96.6 cm³/mol. The van der Waals surface area contributed by atoms with E-state index in [1.807, 2.05) is 18.2 Å². The quantitative estimate of drug-likeness (QED) is 0.835. The second-order valence-corrected chi connectivity index (χ2v) is 6.16. The van der Waals surface area contributed by atoms with Gasteiger partial charge >= 0.3 is 0 Å². The summed E-state index contributed by atoms with van der Waals surface area (Å²) in [5.41, 5.74) is 8.32. The Morgan fingerprint density at radius 1 is 1.28 bits per heavy atom. The van der Waals surface area contributed by atoms with Gasteiger partial charge in [0.2, 0.25) is 5.91 Å². The van der Waals surface area contributed by atoms with Crippen molar-refractivity contribution in [3.05, 3.63) is 42.4 Å². The number of nitrogens with two attached hydrogens (primary N) is 1. The molecule has 2 heterocycles. The molecular formula is C18H23N5O2. The van der Waals surface area contributed by atoms with E-state index in [0.29, 0.717) is 6.61 Å². The highest BCUT2D eigenvalue weighted by Gasteiger charge is 2.23. The van der Waals surface area contributed by atoms with E-state index in [1.165, 1.54) is 6.33 Å². The lowest BCUT2D eigenvalue weighted by Gasteiger charge is -2.32. The molecule has 1 saturated heterocycles. The Labute approximate surface area is 147 Å². The number of nitrogens with zero attached hydrogens (tertiary/aromatic N) is 3. The number of nitrogens with one attached hydrogen (secondary N) is 1. The molecule has 1 aliphatic heterocycles. The average molecular weight is 341 g/mol. The maximum absolute atomic E-state index is 11.3. The largest absolute Gasteiger partial charge is 0.378 e. The molecule has 0 aliphatic carbocycles. The monoisotopic (exact) mass is 341 g/mol. The first kappa shape index (κ1) is 17.2. The normalized spacial score (nSPS) is 15.2. The summed E-state index contributed by atoms with van der Waals surface area (Å²) in [6.45, 7) is 2.16. The topological polar surface area (TPSA) is 93.4 Å². The van der Waals surface area contributed by atoms with Crippen LogP contribution in [0, 0.1) is 5.92 Å². The molecule has 0 bridgehead atoms. The highest BCUT2D eigenvalue weighted by atomic mass is 16.5. The van der Waals surface area contributed by atoms with Crippen LogP contribution in [0.25, 0.3) is 0 Å². The van der Waals surface area contributed by atoms with Crippen molar-refractivity contribution in [2.24, 2.45) is 11.7 Å². The lowest BCUT2D eigenvalue weighted by atomic mass is 9.96. The van der Waals surface area contributed by atoms with Gasteiger partial charge in [-0.05, 0) is 37.1 Å². The molecule has 1 aliphatic rings. The molecule has 1 aromatic carbocycles. The summed E-state index contributed by atoms with van der Waals surface area (Å²) in [5.74, 6) is 0.560. The Balaban J connectivity index is 1.61. The van der Waals surface area contributed by atoms with Gasteiger partial charge in [0.25, 0.3) is 0 Å². The third-order valence-electron chi connectivity index (χ3n) is 4.42. The van der Waals surface area contributed by atoms with Gasteiger partial charge in [0.05, 0.1) is 12.3 Å². The Morgan fingerprint density at radius 3 is 2.64 bits per heavy atom. The van der Waals surface area contributed by atoms with Crippen LogP contribution in [0.15, 0.2) is 36.7 Å². The first-order valence-electron chi connectivity index (χ1n) is 8.37. The Morgan fingerprint density at radius 2 is 2.00 bits per heavy atom. The second-order valence-electron chi connectivity index (χ2n) is 6.16. The van der Waals surface area contributed by atoms with Crippen LogP contribution < -0.4 is 16.0 Å². The highest BCUT2D eigenvalue weighted by molar-refractivity contribution is 5.77. The number of ether oxygens (including phenoxy) is 1. The smallest absolute Gasteiger partial charge is 0.220 e. The molecular weight excluding hydrogens is 318 g/mol. The van der Waals surface area contributed by atoms with E-state index in [4.69, 9.17) is 10.5 Å². The van der Waals surface area contributed by atoms with Crippen LogP contribution in [-0.4, -0.2) is 36.1 Å². The minimum Gasteiger partial charge on any atom is -0.378 e. The molecule has 1 amide bonds. The van der Waals surface area contributed by atoms with Gasteiger partial charge in [0, 0.05) is 43.6 Å². The third kappa shape index (κ3) is 4.45. The zero-order valence-corrected chi connectivity index (χ0v) is 14.3. The first-order valence-corrected chi connectivity index (χ1v) is 8.37. The number of amides is 1. The van der Waals surface area contributed by atoms with Crippen molar-refractivity contribution in [1.29, 1.82) is 0 Å². The number of methoxy groups -OCH3 is 1. The van der Waals surface area contributed by atoms with Gasteiger partial charge in [-0.25, -0.2) is 9.97 Å². The molecule has 1 aromatic heterocycles. The van der Waals surface area contributed by atoms with Gasteiger partial charge in [-0.1, -0.05) is 0 Å². The number of aromatic nitrogens is 2. The number of carbonyl (C=O) groups excluding carboxylic acids is 1. The fourth-order valence-corrected chi connectivity index (χ4v) is 3.02. The maximum Gasteiger partial charge on any atom is 0.220 e. The lowest BCUT2D eigenvalue weighted by molar-refractivity contribution is -0.122. The molecule has 0 radical (unpaired) electrons. The second kappa shape index (κ2) is 7.94. The van der Waals surface area contributed by atoms with Crippen molar-refractivity contribution < 1.29 is 9.53 Å². The van der Waals surface area contributed by atoms with Crippen LogP contribution in [0.3, 0.4) is 0 Å². The summed E-state index contributed by atoms with van der Waals surface area (Å²) in [6.07, 6.45) is 3.16. The fourth-order valence-electron chi connectivity index (χ4n) is 3.02. The van der Waals surface area contributed by atoms with Crippen molar-refractivity contribution in [3.8, 4) is 0 Å². The molecule has 2 aromatic rings. The molecule has 0 unspecified atom stereocenters. The zero-order valence-electron chi connectivity index (χ0n) is 14.3. The van der Waals surface area contributed by atoms with Crippen molar-refractivity contribution in [3.63, 3.8) is 0 Å². The minimum atomic E-state index is -0.183. The Bertz CT molecular complexity index is 712. The Hall–Kier alpha value is -2.67. The highest BCUT2D eigenvalue weighted by Crippen LogP contribution is 2.25. The van der Waals surface area contributed by atoms with Crippen molar-refractivity contribution in [2.75, 3.05) is 30.4 Å². The molecule has 3 rings (SSSR count). The third-order valence-corrected chi connectivity index (χ3v) is 4.42. The number of benzene rings is 1. The fraction of sp³-hybridized carbons (Fsp3) is 0.389. The van der Waals surface area contributed by atoms with E-state index in [1.54, 1.807) is 7.11 Å². The number of primary amides is 1. The maximum atomic E-state index is 11.3. The number of piperidine rings is 1. The minimum absolute atomic E-state index is 0.0104. The summed E-state index contributed by atoms with van der Waals surface area (Å²) in [4.78, 5) is 21.9. The summed E-state index contributed by atoms with van der Waals surface area (Å²) in [5, 5.41) is 3.27. The number of carbonyl (C=O) groups is 1.